The monoisotopic (exact) mass is 514 g/mol. The van der Waals surface area contributed by atoms with Gasteiger partial charge in [0, 0.05) is 32.1 Å². The number of nitrogens with one attached hydrogen (secondary N) is 2. The zero-order valence-corrected chi connectivity index (χ0v) is 20.6. The molecule has 0 spiro atoms. The molecular weight excluding hydrogens is 492 g/mol. The number of nitrogens with zero attached hydrogens (tertiary/aromatic N) is 8. The van der Waals surface area contributed by atoms with Gasteiger partial charge in [0.15, 0.2) is 0 Å². The average Bonchev–Trinajstić information content (AvgIpc) is 3.57. The van der Waals surface area contributed by atoms with E-state index in [9.17, 15) is 19.7 Å². The summed E-state index contributed by atoms with van der Waals surface area (Å²) in [6.45, 7) is 1.36. The number of benzene rings is 1. The molecule has 0 radical (unpaired) electrons. The van der Waals surface area contributed by atoms with E-state index in [0.29, 0.717) is 5.78 Å². The van der Waals surface area contributed by atoms with Crippen LogP contribution in [0.5, 0.6) is 0 Å². The molecule has 4 aromatic heterocycles. The summed E-state index contributed by atoms with van der Waals surface area (Å²) in [5.41, 5.74) is 1.95. The smallest absolute Gasteiger partial charge is 0.314 e. The largest absolute Gasteiger partial charge is 0.346 e. The number of amides is 2. The first kappa shape index (κ1) is 24.3. The number of fused-ring (bicyclic) bond motifs is 1. The minimum atomic E-state index is -0.624. The highest BCUT2D eigenvalue weighted by atomic mass is 16.6. The van der Waals surface area contributed by atoms with E-state index in [1.165, 1.54) is 29.5 Å². The fourth-order valence-electron chi connectivity index (χ4n) is 4.13. The molecule has 0 bridgehead atoms. The Kier molecular flexibility index (Phi) is 6.12. The fraction of sp³-hybridized carbons (Fsp3) is 0.167. The Morgan fingerprint density at radius 1 is 1.05 bits per heavy atom. The summed E-state index contributed by atoms with van der Waals surface area (Å²) in [6.07, 6.45) is 4.81. The van der Waals surface area contributed by atoms with Crippen LogP contribution in [0.2, 0.25) is 0 Å². The Bertz CT molecular complexity index is 1700. The standard InChI is InChI=1S/C24H22N10O4/c1-14-20(34(37)38)18(31(2)30-14)12-25-22(35)16-11-26-32(3)21(16)23(36)28-19-9-10-33-13-17(27-24(33)29-19)15-7-5-4-6-8-15/h4-11,13H,12H2,1-3H3,(H,25,35)(H,27,28,29,36). The molecule has 14 heteroatoms. The van der Waals surface area contributed by atoms with Gasteiger partial charge in [0.25, 0.3) is 11.8 Å². The minimum absolute atomic E-state index is 0.000189. The highest BCUT2D eigenvalue weighted by Crippen LogP contribution is 2.22. The number of rotatable bonds is 7. The van der Waals surface area contributed by atoms with Crippen LogP contribution in [0.3, 0.4) is 0 Å². The maximum Gasteiger partial charge on any atom is 0.314 e. The highest BCUT2D eigenvalue weighted by molar-refractivity contribution is 6.10. The summed E-state index contributed by atoms with van der Waals surface area (Å²) >= 11 is 0. The van der Waals surface area contributed by atoms with Crippen LogP contribution < -0.4 is 10.6 Å². The molecule has 0 fully saturated rings. The van der Waals surface area contributed by atoms with Crippen molar-refractivity contribution in [2.75, 3.05) is 5.32 Å². The second-order valence-electron chi connectivity index (χ2n) is 8.44. The summed E-state index contributed by atoms with van der Waals surface area (Å²) in [7, 11) is 3.08. The molecule has 38 heavy (non-hydrogen) atoms. The SMILES string of the molecule is Cc1nn(C)c(CNC(=O)c2cnn(C)c2C(=O)Nc2ccn3cc(-c4ccccc4)nc3n2)c1[N+](=O)[O-]. The second-order valence-corrected chi connectivity index (χ2v) is 8.44. The van der Waals surface area contributed by atoms with E-state index in [1.54, 1.807) is 23.7 Å². The van der Waals surface area contributed by atoms with E-state index in [-0.39, 0.29) is 40.7 Å². The zero-order chi connectivity index (χ0) is 27.0. The summed E-state index contributed by atoms with van der Waals surface area (Å²) in [5.74, 6) is -0.608. The van der Waals surface area contributed by atoms with Crippen molar-refractivity contribution in [3.63, 3.8) is 0 Å². The third-order valence-corrected chi connectivity index (χ3v) is 5.94. The molecule has 0 saturated heterocycles. The first-order valence-corrected chi connectivity index (χ1v) is 11.4. The Hall–Kier alpha value is -5.40. The van der Waals surface area contributed by atoms with Crippen LogP contribution >= 0.6 is 0 Å². The van der Waals surface area contributed by atoms with Crippen molar-refractivity contribution < 1.29 is 14.5 Å². The van der Waals surface area contributed by atoms with E-state index >= 15 is 0 Å². The highest BCUT2D eigenvalue weighted by Gasteiger charge is 2.26. The minimum Gasteiger partial charge on any atom is -0.346 e. The average molecular weight is 515 g/mol. The number of aryl methyl sites for hydroxylation is 3. The number of hydrogen-bond donors (Lipinski definition) is 2. The number of anilines is 1. The van der Waals surface area contributed by atoms with Crippen LogP contribution in [0.4, 0.5) is 11.5 Å². The predicted molar refractivity (Wildman–Crippen MR) is 135 cm³/mol. The van der Waals surface area contributed by atoms with E-state index in [0.717, 1.165) is 11.3 Å². The molecule has 192 valence electrons. The number of nitro groups is 1. The maximum atomic E-state index is 13.1. The molecule has 5 aromatic rings. The van der Waals surface area contributed by atoms with Gasteiger partial charge in [-0.25, -0.2) is 4.98 Å². The third kappa shape index (κ3) is 4.45. The normalized spacial score (nSPS) is 11.0. The van der Waals surface area contributed by atoms with Gasteiger partial charge in [-0.15, -0.1) is 0 Å². The van der Waals surface area contributed by atoms with Crippen LogP contribution in [0.25, 0.3) is 17.0 Å². The lowest BCUT2D eigenvalue weighted by Gasteiger charge is -2.08. The van der Waals surface area contributed by atoms with Gasteiger partial charge in [-0.3, -0.25) is 33.5 Å². The first-order valence-electron chi connectivity index (χ1n) is 11.4. The van der Waals surface area contributed by atoms with Crippen molar-refractivity contribution >= 4 is 29.1 Å². The van der Waals surface area contributed by atoms with Crippen molar-refractivity contribution in [2.24, 2.45) is 14.1 Å². The fourth-order valence-corrected chi connectivity index (χ4v) is 4.13. The molecular formula is C24H22N10O4. The van der Waals surface area contributed by atoms with Gasteiger partial charge in [-0.05, 0) is 13.0 Å². The Morgan fingerprint density at radius 3 is 2.55 bits per heavy atom. The predicted octanol–water partition coefficient (Wildman–Crippen LogP) is 2.26. The molecule has 0 saturated carbocycles. The number of carbonyl (C=O) groups is 2. The summed E-state index contributed by atoms with van der Waals surface area (Å²) in [4.78, 5) is 45.9. The second kappa shape index (κ2) is 9.57. The molecule has 0 atom stereocenters. The summed E-state index contributed by atoms with van der Waals surface area (Å²) in [5, 5.41) is 24.8. The summed E-state index contributed by atoms with van der Waals surface area (Å²) in [6, 6.07) is 11.2. The van der Waals surface area contributed by atoms with Crippen LogP contribution in [0, 0.1) is 17.0 Å². The van der Waals surface area contributed by atoms with E-state index in [2.05, 4.69) is 30.8 Å². The molecule has 2 amide bonds. The van der Waals surface area contributed by atoms with E-state index < -0.39 is 16.7 Å². The van der Waals surface area contributed by atoms with Gasteiger partial charge >= 0.3 is 5.69 Å². The molecule has 5 rings (SSSR count). The third-order valence-electron chi connectivity index (χ3n) is 5.94. The molecule has 0 aliphatic rings. The lowest BCUT2D eigenvalue weighted by Crippen LogP contribution is -2.27. The van der Waals surface area contributed by atoms with Crippen molar-refractivity contribution in [1.82, 2.24) is 39.2 Å². The van der Waals surface area contributed by atoms with E-state index in [1.807, 2.05) is 36.5 Å². The Balaban J connectivity index is 1.34. The molecule has 0 aliphatic carbocycles. The lowest BCUT2D eigenvalue weighted by atomic mass is 10.2. The topological polar surface area (TPSA) is 167 Å². The van der Waals surface area contributed by atoms with Crippen LogP contribution in [-0.2, 0) is 20.6 Å². The van der Waals surface area contributed by atoms with Gasteiger partial charge in [-0.2, -0.15) is 15.2 Å². The number of imidazole rings is 1. The van der Waals surface area contributed by atoms with Crippen molar-refractivity contribution in [3.05, 3.63) is 87.7 Å². The molecule has 0 unspecified atom stereocenters. The Morgan fingerprint density at radius 2 is 1.82 bits per heavy atom. The van der Waals surface area contributed by atoms with Gasteiger partial charge < -0.3 is 10.6 Å². The van der Waals surface area contributed by atoms with Crippen LogP contribution in [-0.4, -0.2) is 50.7 Å². The molecule has 0 aliphatic heterocycles. The van der Waals surface area contributed by atoms with Crippen molar-refractivity contribution in [1.29, 1.82) is 0 Å². The summed E-state index contributed by atoms with van der Waals surface area (Å²) < 4.78 is 4.34. The van der Waals surface area contributed by atoms with Crippen molar-refractivity contribution in [2.45, 2.75) is 13.5 Å². The molecule has 4 heterocycles. The molecule has 14 nitrogen and oxygen atoms in total. The zero-order valence-electron chi connectivity index (χ0n) is 20.6. The number of hydrogen-bond acceptors (Lipinski definition) is 8. The molecule has 2 N–H and O–H groups in total. The van der Waals surface area contributed by atoms with Gasteiger partial charge in [-0.1, -0.05) is 30.3 Å². The molecule has 1 aromatic carbocycles. The quantitative estimate of drug-likeness (QED) is 0.246. The number of aromatic nitrogens is 7. The first-order chi connectivity index (χ1) is 18.2. The van der Waals surface area contributed by atoms with Crippen LogP contribution in [0.1, 0.15) is 32.2 Å². The van der Waals surface area contributed by atoms with Crippen LogP contribution in [0.15, 0.2) is 55.0 Å². The van der Waals surface area contributed by atoms with Crippen molar-refractivity contribution in [3.8, 4) is 11.3 Å². The van der Waals surface area contributed by atoms with Gasteiger partial charge in [0.05, 0.1) is 28.9 Å². The lowest BCUT2D eigenvalue weighted by molar-refractivity contribution is -0.386. The van der Waals surface area contributed by atoms with E-state index in [4.69, 9.17) is 0 Å². The van der Waals surface area contributed by atoms with Gasteiger partial charge in [0.1, 0.15) is 22.9 Å². The maximum absolute atomic E-state index is 13.1. The number of carbonyl (C=O) groups excluding carboxylic acids is 2. The van der Waals surface area contributed by atoms with Gasteiger partial charge in [0.2, 0.25) is 5.78 Å². The Labute approximate surface area is 215 Å².